The average Bonchev–Trinajstić information content (AvgIpc) is 2.78. The van der Waals surface area contributed by atoms with Gasteiger partial charge in [-0.1, -0.05) is 33.3 Å². The molecule has 0 aromatic heterocycles. The second kappa shape index (κ2) is 4.69. The van der Waals surface area contributed by atoms with Gasteiger partial charge in [0.1, 0.15) is 11.7 Å². The van der Waals surface area contributed by atoms with Crippen LogP contribution in [0.1, 0.15) is 39.5 Å². The van der Waals surface area contributed by atoms with Crippen LogP contribution < -0.4 is 0 Å². The van der Waals surface area contributed by atoms with Crippen LogP contribution in [-0.2, 0) is 19.1 Å². The first-order valence-electron chi connectivity index (χ1n) is 8.42. The van der Waals surface area contributed by atoms with Crippen LogP contribution in [0, 0.1) is 23.2 Å². The van der Waals surface area contributed by atoms with E-state index in [4.69, 9.17) is 9.47 Å². The quantitative estimate of drug-likeness (QED) is 0.547. The third-order valence-electron chi connectivity index (χ3n) is 6.67. The van der Waals surface area contributed by atoms with E-state index in [2.05, 4.69) is 6.58 Å². The summed E-state index contributed by atoms with van der Waals surface area (Å²) in [7, 11) is 0. The Morgan fingerprint density at radius 2 is 1.96 bits per heavy atom. The van der Waals surface area contributed by atoms with Gasteiger partial charge in [0.25, 0.3) is 0 Å². The van der Waals surface area contributed by atoms with Crippen molar-refractivity contribution in [2.24, 2.45) is 23.2 Å². The molecule has 2 aliphatic heterocycles. The number of ether oxygens (including phenoxy) is 2. The average molecular weight is 318 g/mol. The number of hydrogen-bond donors (Lipinski definition) is 1. The molecule has 2 saturated carbocycles. The molecule has 23 heavy (non-hydrogen) atoms. The second-order valence-electron chi connectivity index (χ2n) is 7.55. The largest absolute Gasteiger partial charge is 0.482 e. The molecule has 0 amide bonds. The van der Waals surface area contributed by atoms with Gasteiger partial charge in [0.05, 0.1) is 6.10 Å². The van der Waals surface area contributed by atoms with Gasteiger partial charge in [0, 0.05) is 11.3 Å². The summed E-state index contributed by atoms with van der Waals surface area (Å²) >= 11 is 0. The zero-order valence-electron chi connectivity index (χ0n) is 13.5. The van der Waals surface area contributed by atoms with Gasteiger partial charge in [-0.15, -0.1) is 0 Å². The predicted molar refractivity (Wildman–Crippen MR) is 80.9 cm³/mol. The van der Waals surface area contributed by atoms with E-state index in [1.54, 1.807) is 0 Å². The summed E-state index contributed by atoms with van der Waals surface area (Å²) in [5, 5.41) is 10.9. The fourth-order valence-electron chi connectivity index (χ4n) is 5.25. The molecule has 2 heterocycles. The van der Waals surface area contributed by atoms with Gasteiger partial charge >= 0.3 is 5.97 Å². The number of cyclic esters (lactones) is 1. The summed E-state index contributed by atoms with van der Waals surface area (Å²) in [5.41, 5.74) is -0.722. The van der Waals surface area contributed by atoms with Gasteiger partial charge in [-0.05, 0) is 24.7 Å². The summed E-state index contributed by atoms with van der Waals surface area (Å²) < 4.78 is 11.0. The maximum atomic E-state index is 13.3. The van der Waals surface area contributed by atoms with Crippen LogP contribution in [0.3, 0.4) is 0 Å². The highest BCUT2D eigenvalue weighted by Crippen LogP contribution is 2.58. The number of fused-ring (bicyclic) bond motifs is 4. The Morgan fingerprint density at radius 3 is 2.70 bits per heavy atom. The van der Waals surface area contributed by atoms with Crippen molar-refractivity contribution in [2.75, 3.05) is 0 Å². The number of carbonyl (C=O) groups excluding carboxylic acids is 2. The lowest BCUT2D eigenvalue weighted by molar-refractivity contribution is -0.176. The first-order chi connectivity index (χ1) is 10.9. The lowest BCUT2D eigenvalue weighted by Crippen LogP contribution is -2.60. The Kier molecular flexibility index (Phi) is 3.05. The molecule has 0 unspecified atom stereocenters. The molecular weight excluding hydrogens is 296 g/mol. The van der Waals surface area contributed by atoms with E-state index in [1.165, 1.54) is 0 Å². The topological polar surface area (TPSA) is 72.8 Å². The minimum atomic E-state index is -0.713. The van der Waals surface area contributed by atoms with Crippen molar-refractivity contribution in [3.63, 3.8) is 0 Å². The van der Waals surface area contributed by atoms with Crippen molar-refractivity contribution >= 4 is 11.8 Å². The summed E-state index contributed by atoms with van der Waals surface area (Å²) in [6.07, 6.45) is 2.77. The Hall–Kier alpha value is -1.62. The zero-order valence-corrected chi connectivity index (χ0v) is 13.5. The van der Waals surface area contributed by atoms with Crippen LogP contribution in [-0.4, -0.2) is 29.1 Å². The van der Waals surface area contributed by atoms with Crippen LogP contribution in [0.25, 0.3) is 0 Å². The van der Waals surface area contributed by atoms with E-state index in [0.717, 1.165) is 25.7 Å². The number of aliphatic hydroxyl groups excluding tert-OH is 1. The van der Waals surface area contributed by atoms with E-state index >= 15 is 0 Å². The Labute approximate surface area is 135 Å². The second-order valence-corrected chi connectivity index (χ2v) is 7.55. The molecule has 0 aromatic carbocycles. The Balaban J connectivity index is 1.90. The van der Waals surface area contributed by atoms with E-state index < -0.39 is 23.6 Å². The van der Waals surface area contributed by atoms with Gasteiger partial charge in [0.15, 0.2) is 17.3 Å². The van der Waals surface area contributed by atoms with Gasteiger partial charge in [-0.25, -0.2) is 4.79 Å². The number of hydrogen-bond acceptors (Lipinski definition) is 5. The van der Waals surface area contributed by atoms with Crippen molar-refractivity contribution in [3.8, 4) is 0 Å². The first kappa shape index (κ1) is 14.9. The Morgan fingerprint density at radius 1 is 1.26 bits per heavy atom. The number of ketones is 1. The van der Waals surface area contributed by atoms with E-state index in [-0.39, 0.29) is 40.6 Å². The molecule has 1 N–H and O–H groups in total. The maximum absolute atomic E-state index is 13.3. The lowest BCUT2D eigenvalue weighted by atomic mass is 9.50. The molecule has 124 valence electrons. The van der Waals surface area contributed by atoms with E-state index in [9.17, 15) is 14.7 Å². The molecule has 0 saturated heterocycles. The molecule has 6 atom stereocenters. The smallest absolute Gasteiger partial charge is 0.351 e. The van der Waals surface area contributed by atoms with Crippen molar-refractivity contribution in [3.05, 3.63) is 23.7 Å². The molecule has 4 aliphatic rings. The van der Waals surface area contributed by atoms with Crippen molar-refractivity contribution in [2.45, 2.75) is 51.7 Å². The van der Waals surface area contributed by atoms with Gasteiger partial charge in [-0.3, -0.25) is 4.79 Å². The SMILES string of the molecule is C=C1OC(=O)C2=C1O[C@@H]1[C@@H](O)[C@@H]3CCCC[C@H]3[C@](C)(C2=O)[C@@H]1C. The van der Waals surface area contributed by atoms with Gasteiger partial charge in [0.2, 0.25) is 0 Å². The number of esters is 1. The van der Waals surface area contributed by atoms with Crippen LogP contribution >= 0.6 is 0 Å². The summed E-state index contributed by atoms with van der Waals surface area (Å²) in [6.45, 7) is 7.57. The highest BCUT2D eigenvalue weighted by Gasteiger charge is 2.63. The minimum Gasteiger partial charge on any atom is -0.482 e. The van der Waals surface area contributed by atoms with Crippen LogP contribution in [0.5, 0.6) is 0 Å². The van der Waals surface area contributed by atoms with Crippen LogP contribution in [0.4, 0.5) is 0 Å². The molecule has 0 aromatic rings. The molecule has 2 aliphatic carbocycles. The fourth-order valence-corrected chi connectivity index (χ4v) is 5.25. The van der Waals surface area contributed by atoms with Gasteiger partial charge in [-0.2, -0.15) is 0 Å². The fraction of sp³-hybridized carbons (Fsp3) is 0.667. The highest BCUT2D eigenvalue weighted by molar-refractivity contribution is 6.22. The van der Waals surface area contributed by atoms with Crippen molar-refractivity contribution in [1.82, 2.24) is 0 Å². The number of Topliss-reactive ketones (excluding diaryl/α,β-unsaturated/α-hetero) is 1. The predicted octanol–water partition coefficient (Wildman–Crippen LogP) is 2.10. The minimum absolute atomic E-state index is 0.00901. The highest BCUT2D eigenvalue weighted by atomic mass is 16.6. The van der Waals surface area contributed by atoms with Crippen molar-refractivity contribution in [1.29, 1.82) is 0 Å². The molecule has 5 heteroatoms. The standard InChI is InChI=1S/C18H22O5/c1-8-14-13(19)10-6-4-5-7-11(10)18(8,3)16(20)12-15(23-14)9(2)22-17(12)21/h8,10-11,13-14,19H,2,4-7H2,1,3H3/t8-,10-,11-,13+,14+,18-/m1/s1. The molecular formula is C18H22O5. The molecule has 0 radical (unpaired) electrons. The van der Waals surface area contributed by atoms with Crippen LogP contribution in [0.2, 0.25) is 0 Å². The third kappa shape index (κ3) is 1.71. The summed E-state index contributed by atoms with van der Waals surface area (Å²) in [6, 6.07) is 0. The molecule has 5 nitrogen and oxygen atoms in total. The van der Waals surface area contributed by atoms with Crippen molar-refractivity contribution < 1.29 is 24.2 Å². The first-order valence-corrected chi connectivity index (χ1v) is 8.42. The normalized spacial score (nSPS) is 45.9. The summed E-state index contributed by atoms with van der Waals surface area (Å²) in [5.74, 6) is -0.705. The number of aliphatic hydroxyl groups is 1. The van der Waals surface area contributed by atoms with Gasteiger partial charge < -0.3 is 14.6 Å². The Bertz CT molecular complexity index is 648. The molecule has 4 rings (SSSR count). The number of rotatable bonds is 0. The molecule has 2 bridgehead atoms. The zero-order chi connectivity index (χ0) is 16.5. The van der Waals surface area contributed by atoms with E-state index in [0.29, 0.717) is 0 Å². The maximum Gasteiger partial charge on any atom is 0.351 e. The monoisotopic (exact) mass is 318 g/mol. The molecule has 0 spiro atoms. The number of carbonyl (C=O) groups is 2. The summed E-state index contributed by atoms with van der Waals surface area (Å²) in [4.78, 5) is 25.5. The van der Waals surface area contributed by atoms with Crippen LogP contribution in [0.15, 0.2) is 23.7 Å². The lowest BCUT2D eigenvalue weighted by Gasteiger charge is -2.54. The molecule has 2 fully saturated rings. The third-order valence-corrected chi connectivity index (χ3v) is 6.67. The van der Waals surface area contributed by atoms with E-state index in [1.807, 2.05) is 13.8 Å².